The molecule has 7 nitrogen and oxygen atoms in total. The van der Waals surface area contributed by atoms with Gasteiger partial charge in [0.15, 0.2) is 0 Å². The normalized spacial score (nSPS) is 21.2. The number of fused-ring (bicyclic) bond motifs is 1. The second-order valence-corrected chi connectivity index (χ2v) is 13.4. The van der Waals surface area contributed by atoms with Gasteiger partial charge in [-0.2, -0.15) is 0 Å². The van der Waals surface area contributed by atoms with Crippen LogP contribution in [-0.2, 0) is 11.4 Å². The highest BCUT2D eigenvalue weighted by Gasteiger charge is 2.48. The van der Waals surface area contributed by atoms with E-state index in [-0.39, 0.29) is 16.2 Å². The maximum absolute atomic E-state index is 13.1. The predicted octanol–water partition coefficient (Wildman–Crippen LogP) is 5.13. The Morgan fingerprint density at radius 2 is 1.97 bits per heavy atom. The fraction of sp³-hybridized carbons (Fsp3) is 0.538. The van der Waals surface area contributed by atoms with Crippen LogP contribution in [0, 0.1) is 12.3 Å². The zero-order valence-corrected chi connectivity index (χ0v) is 22.5. The number of nitrogens with one attached hydrogen (secondary N) is 1. The minimum absolute atomic E-state index is 0.141. The molecule has 2 atom stereocenters. The first-order valence-electron chi connectivity index (χ1n) is 12.4. The number of imidazole rings is 1. The largest absolute Gasteiger partial charge is 0.598 e. The third kappa shape index (κ3) is 4.39. The summed E-state index contributed by atoms with van der Waals surface area (Å²) in [4.78, 5) is 12.1. The van der Waals surface area contributed by atoms with Crippen molar-refractivity contribution < 1.29 is 4.55 Å². The number of piperidine rings is 1. The van der Waals surface area contributed by atoms with Crippen molar-refractivity contribution in [2.75, 3.05) is 23.7 Å². The second-order valence-electron chi connectivity index (χ2n) is 11.0. The van der Waals surface area contributed by atoms with E-state index in [1.54, 1.807) is 12.3 Å². The second kappa shape index (κ2) is 9.14. The van der Waals surface area contributed by atoms with E-state index in [4.69, 9.17) is 22.3 Å². The molecule has 3 aromatic rings. The molecule has 1 saturated carbocycles. The van der Waals surface area contributed by atoms with Crippen molar-refractivity contribution in [2.45, 2.75) is 70.6 Å². The van der Waals surface area contributed by atoms with Crippen molar-refractivity contribution >= 4 is 40.2 Å². The van der Waals surface area contributed by atoms with E-state index in [1.165, 1.54) is 25.7 Å². The molecule has 3 heterocycles. The number of anilines is 2. The molecule has 0 bridgehead atoms. The Hall–Kier alpha value is -2.00. The van der Waals surface area contributed by atoms with Gasteiger partial charge in [0.1, 0.15) is 10.4 Å². The quantitative estimate of drug-likeness (QED) is 0.370. The topological polar surface area (TPSA) is 94.5 Å². The van der Waals surface area contributed by atoms with Crippen LogP contribution in [0.2, 0.25) is 5.02 Å². The molecule has 0 radical (unpaired) electrons. The highest BCUT2D eigenvalue weighted by molar-refractivity contribution is 7.90. The number of aryl methyl sites for hydroxylation is 1. The Bertz CT molecular complexity index is 1230. The Morgan fingerprint density at radius 1 is 1.23 bits per heavy atom. The maximum Gasteiger partial charge on any atom is 0.211 e. The monoisotopic (exact) mass is 514 g/mol. The number of halogens is 1. The minimum Gasteiger partial charge on any atom is -0.598 e. The number of rotatable bonds is 4. The molecule has 1 spiro atoms. The van der Waals surface area contributed by atoms with Gasteiger partial charge in [-0.15, -0.1) is 4.72 Å². The number of nitrogens with zero attached hydrogens (tertiary/aromatic N) is 4. The lowest BCUT2D eigenvalue weighted by Crippen LogP contribution is -2.60. The van der Waals surface area contributed by atoms with E-state index in [9.17, 15) is 4.55 Å². The number of nitrogens with two attached hydrogens (primary N) is 1. The molecule has 9 heteroatoms. The molecule has 2 unspecified atom stereocenters. The first-order chi connectivity index (χ1) is 16.6. The van der Waals surface area contributed by atoms with Gasteiger partial charge in [0.05, 0.1) is 22.4 Å². The summed E-state index contributed by atoms with van der Waals surface area (Å²) in [7, 11) is 0. The highest BCUT2D eigenvalue weighted by Crippen LogP contribution is 2.47. The van der Waals surface area contributed by atoms with Crippen molar-refractivity contribution in [3.05, 3.63) is 41.3 Å². The van der Waals surface area contributed by atoms with Crippen LogP contribution in [0.25, 0.3) is 16.8 Å². The molecule has 2 aliphatic rings. The van der Waals surface area contributed by atoms with Crippen LogP contribution in [-0.4, -0.2) is 42.8 Å². The lowest BCUT2D eigenvalue weighted by molar-refractivity contribution is 0.174. The van der Waals surface area contributed by atoms with Gasteiger partial charge in [0.2, 0.25) is 5.95 Å². The molecule has 35 heavy (non-hydrogen) atoms. The molecule has 1 aliphatic carbocycles. The third-order valence-electron chi connectivity index (χ3n) is 7.72. The molecular weight excluding hydrogens is 480 g/mol. The van der Waals surface area contributed by atoms with E-state index >= 15 is 0 Å². The summed E-state index contributed by atoms with van der Waals surface area (Å²) in [5.41, 5.74) is 10.2. The molecule has 1 aliphatic heterocycles. The van der Waals surface area contributed by atoms with Gasteiger partial charge in [-0.3, -0.25) is 4.40 Å². The van der Waals surface area contributed by atoms with E-state index in [0.717, 1.165) is 47.9 Å². The summed E-state index contributed by atoms with van der Waals surface area (Å²) in [6, 6.07) is 5.81. The molecule has 2 aromatic heterocycles. The summed E-state index contributed by atoms with van der Waals surface area (Å²) in [5, 5.41) is 0.519. The number of benzene rings is 1. The first-order valence-corrected chi connectivity index (χ1v) is 13.9. The molecule has 1 aromatic carbocycles. The molecule has 3 N–H and O–H groups in total. The summed E-state index contributed by atoms with van der Waals surface area (Å²) >= 11 is 5.46. The van der Waals surface area contributed by atoms with Gasteiger partial charge in [0, 0.05) is 48.0 Å². The number of aromatic nitrogens is 3. The zero-order valence-electron chi connectivity index (χ0n) is 21.0. The van der Waals surface area contributed by atoms with Crippen LogP contribution in [0.15, 0.2) is 30.6 Å². The van der Waals surface area contributed by atoms with E-state index in [1.807, 2.05) is 50.4 Å². The SMILES string of the molecule is Cc1nc(N2CCC3(CCCC3)C(N[S+]([O-])C(C)(C)C)C2)n2ccnc2c1-c1cccc(N)c1Cl. The summed E-state index contributed by atoms with van der Waals surface area (Å²) in [6.07, 6.45) is 9.70. The maximum atomic E-state index is 13.1. The van der Waals surface area contributed by atoms with Crippen molar-refractivity contribution in [1.82, 2.24) is 19.1 Å². The van der Waals surface area contributed by atoms with Crippen LogP contribution in [0.3, 0.4) is 0 Å². The van der Waals surface area contributed by atoms with Crippen LogP contribution in [0.5, 0.6) is 0 Å². The third-order valence-corrected chi connectivity index (χ3v) is 9.75. The average molecular weight is 515 g/mol. The fourth-order valence-corrected chi connectivity index (χ4v) is 6.87. The molecule has 2 fully saturated rings. The van der Waals surface area contributed by atoms with Crippen LogP contribution >= 0.6 is 11.6 Å². The average Bonchev–Trinajstić information content (AvgIpc) is 3.47. The number of hydrogen-bond donors (Lipinski definition) is 2. The van der Waals surface area contributed by atoms with Crippen LogP contribution in [0.1, 0.15) is 58.6 Å². The van der Waals surface area contributed by atoms with Crippen LogP contribution < -0.4 is 15.4 Å². The minimum atomic E-state index is -1.13. The summed E-state index contributed by atoms with van der Waals surface area (Å²) in [5.74, 6) is 0.861. The van der Waals surface area contributed by atoms with Gasteiger partial charge in [-0.25, -0.2) is 9.97 Å². The number of hydrogen-bond acceptors (Lipinski definition) is 6. The standard InChI is InChI=1S/C26H35ClN6OS/c1-17-21(18-8-7-9-19(28)22(18)27)23-29-13-15-33(23)24(30-17)32-14-12-26(10-5-6-11-26)20(16-32)31-35(34)25(2,3)4/h7-9,13,15,20,31H,5-6,10-12,14,16,28H2,1-4H3. The summed E-state index contributed by atoms with van der Waals surface area (Å²) in [6.45, 7) is 9.76. The van der Waals surface area contributed by atoms with Gasteiger partial charge in [-0.1, -0.05) is 36.6 Å². The first kappa shape index (κ1) is 24.7. The predicted molar refractivity (Wildman–Crippen MR) is 145 cm³/mol. The fourth-order valence-electron chi connectivity index (χ4n) is 5.72. The molecular formula is C26H35ClN6OS. The van der Waals surface area contributed by atoms with Crippen molar-refractivity contribution in [3.63, 3.8) is 0 Å². The Labute approximate surface area is 215 Å². The van der Waals surface area contributed by atoms with Gasteiger partial charge >= 0.3 is 0 Å². The highest BCUT2D eigenvalue weighted by atomic mass is 35.5. The molecule has 1 saturated heterocycles. The lowest BCUT2D eigenvalue weighted by Gasteiger charge is -2.47. The Balaban J connectivity index is 1.53. The van der Waals surface area contributed by atoms with E-state index < -0.39 is 11.4 Å². The van der Waals surface area contributed by atoms with Gasteiger partial charge < -0.3 is 15.2 Å². The number of nitrogen functional groups attached to an aromatic ring is 1. The van der Waals surface area contributed by atoms with Crippen molar-refractivity contribution in [1.29, 1.82) is 0 Å². The van der Waals surface area contributed by atoms with Gasteiger partial charge in [-0.05, 0) is 58.4 Å². The smallest absolute Gasteiger partial charge is 0.211 e. The van der Waals surface area contributed by atoms with E-state index in [0.29, 0.717) is 10.7 Å². The van der Waals surface area contributed by atoms with Crippen molar-refractivity contribution in [2.24, 2.45) is 5.41 Å². The summed E-state index contributed by atoms with van der Waals surface area (Å²) < 4.78 is 18.4. The Kier molecular flexibility index (Phi) is 6.45. The molecule has 0 amide bonds. The van der Waals surface area contributed by atoms with Crippen LogP contribution in [0.4, 0.5) is 11.6 Å². The van der Waals surface area contributed by atoms with Crippen molar-refractivity contribution in [3.8, 4) is 11.1 Å². The zero-order chi connectivity index (χ0) is 25.0. The molecule has 5 rings (SSSR count). The molecule has 188 valence electrons. The lowest BCUT2D eigenvalue weighted by atomic mass is 9.73. The van der Waals surface area contributed by atoms with E-state index in [2.05, 4.69) is 14.6 Å². The Morgan fingerprint density at radius 3 is 2.69 bits per heavy atom. The van der Waals surface area contributed by atoms with Gasteiger partial charge in [0.25, 0.3) is 0 Å².